The van der Waals surface area contributed by atoms with Gasteiger partial charge in [0.25, 0.3) is 0 Å². The van der Waals surface area contributed by atoms with Crippen LogP contribution in [0.15, 0.2) is 54.9 Å². The Labute approximate surface area is 171 Å². The Morgan fingerprint density at radius 2 is 1.79 bits per heavy atom. The van der Waals surface area contributed by atoms with Crippen molar-refractivity contribution in [3.8, 4) is 5.69 Å². The number of nitrogens with zero attached hydrogens (tertiary/aromatic N) is 4. The molecule has 0 amide bonds. The van der Waals surface area contributed by atoms with Crippen molar-refractivity contribution in [3.05, 3.63) is 76.6 Å². The van der Waals surface area contributed by atoms with Crippen molar-refractivity contribution in [3.63, 3.8) is 0 Å². The summed E-state index contributed by atoms with van der Waals surface area (Å²) in [6, 6.07) is 15.3. The lowest BCUT2D eigenvalue weighted by Gasteiger charge is -2.26. The van der Waals surface area contributed by atoms with Gasteiger partial charge in [0.1, 0.15) is 0 Å². The molecule has 0 radical (unpaired) electrons. The monoisotopic (exact) mass is 390 g/mol. The van der Waals surface area contributed by atoms with Crippen LogP contribution in [-0.2, 0) is 19.5 Å². The highest BCUT2D eigenvalue weighted by Crippen LogP contribution is 2.34. The molecule has 2 aliphatic rings. The van der Waals surface area contributed by atoms with E-state index in [4.69, 9.17) is 12.2 Å². The highest BCUT2D eigenvalue weighted by atomic mass is 32.1. The molecule has 1 aliphatic carbocycles. The number of rotatable bonds is 4. The van der Waals surface area contributed by atoms with E-state index in [1.54, 1.807) is 0 Å². The quantitative estimate of drug-likeness (QED) is 0.581. The molecule has 0 spiro atoms. The first-order valence-electron chi connectivity index (χ1n) is 10.4. The van der Waals surface area contributed by atoms with E-state index in [-0.39, 0.29) is 0 Å². The van der Waals surface area contributed by atoms with Crippen LogP contribution in [0, 0.1) is 4.77 Å². The summed E-state index contributed by atoms with van der Waals surface area (Å²) in [5.41, 5.74) is 5.37. The first kappa shape index (κ1) is 17.8. The molecule has 1 saturated heterocycles. The summed E-state index contributed by atoms with van der Waals surface area (Å²) in [4.78, 5) is 6.92. The molecule has 4 nitrogen and oxygen atoms in total. The van der Waals surface area contributed by atoms with Crippen molar-refractivity contribution < 1.29 is 0 Å². The van der Waals surface area contributed by atoms with Gasteiger partial charge in [-0.05, 0) is 74.5 Å². The van der Waals surface area contributed by atoms with Gasteiger partial charge in [0.15, 0.2) is 4.77 Å². The molecule has 5 heteroatoms. The van der Waals surface area contributed by atoms with Crippen LogP contribution in [0.3, 0.4) is 0 Å². The van der Waals surface area contributed by atoms with Gasteiger partial charge in [-0.25, -0.2) is 0 Å². The van der Waals surface area contributed by atoms with Crippen LogP contribution in [0.5, 0.6) is 0 Å². The Bertz CT molecular complexity index is 1010. The number of pyridine rings is 1. The Morgan fingerprint density at radius 1 is 0.964 bits per heavy atom. The van der Waals surface area contributed by atoms with E-state index in [0.29, 0.717) is 6.04 Å². The third-order valence-electron chi connectivity index (χ3n) is 6.20. The number of imidazole rings is 1. The summed E-state index contributed by atoms with van der Waals surface area (Å²) in [6.45, 7) is 1.99. The number of benzene rings is 1. The molecule has 0 N–H and O–H groups in total. The molecule has 1 atom stereocenters. The normalized spacial score (nSPS) is 19.6. The number of fused-ring (bicyclic) bond motifs is 1. The lowest BCUT2D eigenvalue weighted by Crippen LogP contribution is -2.27. The van der Waals surface area contributed by atoms with Crippen LogP contribution >= 0.6 is 12.2 Å². The second kappa shape index (κ2) is 7.64. The second-order valence-electron chi connectivity index (χ2n) is 7.88. The average molecular weight is 391 g/mol. The predicted molar refractivity (Wildman–Crippen MR) is 114 cm³/mol. The fourth-order valence-electron chi connectivity index (χ4n) is 4.87. The summed E-state index contributed by atoms with van der Waals surface area (Å²) >= 11 is 6.02. The fraction of sp³-hybridized carbons (Fsp3) is 0.391. The van der Waals surface area contributed by atoms with Gasteiger partial charge in [-0.2, -0.15) is 0 Å². The topological polar surface area (TPSA) is 26.0 Å². The van der Waals surface area contributed by atoms with Gasteiger partial charge in [0.2, 0.25) is 0 Å². The predicted octanol–water partition coefficient (Wildman–Crippen LogP) is 5.08. The van der Waals surface area contributed by atoms with Crippen molar-refractivity contribution in [1.29, 1.82) is 0 Å². The molecule has 0 saturated carbocycles. The van der Waals surface area contributed by atoms with Gasteiger partial charge >= 0.3 is 0 Å². The Kier molecular flexibility index (Phi) is 4.87. The number of hydrogen-bond acceptors (Lipinski definition) is 3. The molecule has 144 valence electrons. The smallest absolute Gasteiger partial charge is 0.186 e. The second-order valence-corrected chi connectivity index (χ2v) is 8.25. The third-order valence-corrected chi connectivity index (χ3v) is 6.60. The minimum absolute atomic E-state index is 0.440. The van der Waals surface area contributed by atoms with Gasteiger partial charge in [-0.15, -0.1) is 0 Å². The number of aromatic nitrogens is 3. The molecule has 1 unspecified atom stereocenters. The van der Waals surface area contributed by atoms with E-state index < -0.39 is 0 Å². The highest BCUT2D eigenvalue weighted by molar-refractivity contribution is 7.71. The summed E-state index contributed by atoms with van der Waals surface area (Å²) in [5.74, 6) is 0. The molecule has 3 heterocycles. The maximum absolute atomic E-state index is 6.02. The Morgan fingerprint density at radius 3 is 2.57 bits per heavy atom. The van der Waals surface area contributed by atoms with Crippen LogP contribution in [0.25, 0.3) is 5.69 Å². The van der Waals surface area contributed by atoms with Crippen molar-refractivity contribution >= 4 is 12.2 Å². The molecule has 2 aromatic heterocycles. The first-order valence-corrected chi connectivity index (χ1v) is 10.8. The fourth-order valence-corrected chi connectivity index (χ4v) is 5.26. The van der Waals surface area contributed by atoms with E-state index in [0.717, 1.165) is 30.8 Å². The molecule has 1 aliphatic heterocycles. The molecule has 1 aromatic carbocycles. The van der Waals surface area contributed by atoms with Crippen LogP contribution < -0.4 is 0 Å². The van der Waals surface area contributed by atoms with Gasteiger partial charge in [0.05, 0.1) is 6.67 Å². The largest absolute Gasteiger partial charge is 0.307 e. The van der Waals surface area contributed by atoms with Gasteiger partial charge in [-0.3, -0.25) is 14.5 Å². The van der Waals surface area contributed by atoms with Crippen LogP contribution in [0.4, 0.5) is 0 Å². The van der Waals surface area contributed by atoms with Gasteiger partial charge in [-0.1, -0.05) is 24.3 Å². The summed E-state index contributed by atoms with van der Waals surface area (Å²) in [6.07, 6.45) is 11.1. The molecule has 5 rings (SSSR count). The molecule has 1 fully saturated rings. The highest BCUT2D eigenvalue weighted by Gasteiger charge is 2.29. The van der Waals surface area contributed by atoms with E-state index in [1.165, 1.54) is 48.3 Å². The minimum Gasteiger partial charge on any atom is -0.307 e. The number of para-hydroxylation sites is 1. The minimum atomic E-state index is 0.440. The SMILES string of the molecule is S=c1n(CN2CCCC2c2cccnc2)c2c(n1-c1ccccc1)CCCC2. The van der Waals surface area contributed by atoms with E-state index in [1.807, 2.05) is 18.5 Å². The lowest BCUT2D eigenvalue weighted by molar-refractivity contribution is 0.197. The van der Waals surface area contributed by atoms with Crippen LogP contribution in [0.1, 0.15) is 48.7 Å². The van der Waals surface area contributed by atoms with Crippen molar-refractivity contribution in [2.75, 3.05) is 6.54 Å². The van der Waals surface area contributed by atoms with Crippen molar-refractivity contribution in [2.24, 2.45) is 0 Å². The van der Waals surface area contributed by atoms with Crippen LogP contribution in [-0.4, -0.2) is 25.6 Å². The Hall–Kier alpha value is -2.24. The maximum Gasteiger partial charge on any atom is 0.186 e. The van der Waals surface area contributed by atoms with E-state index in [2.05, 4.69) is 55.4 Å². The zero-order valence-corrected chi connectivity index (χ0v) is 16.9. The first-order chi connectivity index (χ1) is 13.8. The van der Waals surface area contributed by atoms with Crippen molar-refractivity contribution in [1.82, 2.24) is 19.0 Å². The van der Waals surface area contributed by atoms with Gasteiger partial charge < -0.3 is 4.57 Å². The molecule has 0 bridgehead atoms. The lowest BCUT2D eigenvalue weighted by atomic mass is 10.0. The van der Waals surface area contributed by atoms with Crippen molar-refractivity contribution in [2.45, 2.75) is 51.2 Å². The molecular weight excluding hydrogens is 364 g/mol. The Balaban J connectivity index is 1.54. The number of likely N-dealkylation sites (tertiary alicyclic amines) is 1. The van der Waals surface area contributed by atoms with Gasteiger partial charge in [0, 0.05) is 42.1 Å². The molecular formula is C23H26N4S. The van der Waals surface area contributed by atoms with E-state index >= 15 is 0 Å². The zero-order valence-electron chi connectivity index (χ0n) is 16.1. The molecule has 3 aromatic rings. The number of hydrogen-bond donors (Lipinski definition) is 0. The maximum atomic E-state index is 6.02. The standard InChI is InChI=1S/C23H26N4S/c28-23-26(17-25-15-7-13-20(25)18-8-6-14-24-16-18)21-11-4-5-12-22(21)27(23)19-9-2-1-3-10-19/h1-3,6,8-10,14,16,20H,4-5,7,11-13,15,17H2. The third kappa shape index (κ3) is 3.12. The summed E-state index contributed by atoms with van der Waals surface area (Å²) in [5, 5.41) is 0. The van der Waals surface area contributed by atoms with Crippen LogP contribution in [0.2, 0.25) is 0 Å². The average Bonchev–Trinajstić information content (AvgIpc) is 3.32. The van der Waals surface area contributed by atoms with E-state index in [9.17, 15) is 0 Å². The zero-order chi connectivity index (χ0) is 18.9. The summed E-state index contributed by atoms with van der Waals surface area (Å²) < 4.78 is 5.67. The summed E-state index contributed by atoms with van der Waals surface area (Å²) in [7, 11) is 0. The molecule has 28 heavy (non-hydrogen) atoms.